The fraction of sp³-hybridized carbons (Fsp3) is 0.429. The zero-order valence-corrected chi connectivity index (χ0v) is 6.90. The van der Waals surface area contributed by atoms with Crippen molar-refractivity contribution < 1.29 is 4.74 Å². The Hall–Kier alpha value is -1.32. The summed E-state index contributed by atoms with van der Waals surface area (Å²) in [6.07, 6.45) is 1.64. The van der Waals surface area contributed by atoms with Crippen molar-refractivity contribution >= 4 is 5.69 Å². The maximum absolute atomic E-state index is 4.99. The molecule has 0 fully saturated rings. The monoisotopic (exact) mass is 153 g/mol. The van der Waals surface area contributed by atoms with Gasteiger partial charge in [0.15, 0.2) is 0 Å². The third kappa shape index (κ3) is 1.58. The van der Waals surface area contributed by atoms with E-state index in [0.717, 1.165) is 5.69 Å². The van der Waals surface area contributed by atoms with Crippen LogP contribution in [0.3, 0.4) is 0 Å². The van der Waals surface area contributed by atoms with E-state index in [-0.39, 0.29) is 0 Å². The smallest absolute Gasteiger partial charge is 0.256 e. The van der Waals surface area contributed by atoms with Crippen molar-refractivity contribution in [1.29, 1.82) is 0 Å². The number of rotatable bonds is 2. The lowest BCUT2D eigenvalue weighted by Gasteiger charge is -2.13. The molecule has 0 aliphatic rings. The van der Waals surface area contributed by atoms with E-state index in [1.54, 1.807) is 13.3 Å². The van der Waals surface area contributed by atoms with E-state index < -0.39 is 0 Å². The topological polar surface area (TPSA) is 38.3 Å². The van der Waals surface area contributed by atoms with Crippen LogP contribution in [0.2, 0.25) is 0 Å². The predicted molar refractivity (Wildman–Crippen MR) is 42.9 cm³/mol. The summed E-state index contributed by atoms with van der Waals surface area (Å²) in [6, 6.07) is 1.85. The summed E-state index contributed by atoms with van der Waals surface area (Å²) in [4.78, 5) is 1.92. The van der Waals surface area contributed by atoms with Crippen molar-refractivity contribution in [2.45, 2.75) is 0 Å². The normalized spacial score (nSPS) is 9.36. The lowest BCUT2D eigenvalue weighted by atomic mass is 10.4. The van der Waals surface area contributed by atoms with Gasteiger partial charge >= 0.3 is 0 Å². The number of nitrogens with zero attached hydrogens (tertiary/aromatic N) is 3. The van der Waals surface area contributed by atoms with Gasteiger partial charge in [0.05, 0.1) is 13.3 Å². The minimum atomic E-state index is 0.553. The predicted octanol–water partition coefficient (Wildman–Crippen LogP) is 0.551. The first-order valence-corrected chi connectivity index (χ1v) is 3.28. The zero-order valence-electron chi connectivity index (χ0n) is 6.90. The van der Waals surface area contributed by atoms with E-state index in [1.807, 2.05) is 25.1 Å². The van der Waals surface area contributed by atoms with Crippen molar-refractivity contribution in [3.8, 4) is 5.88 Å². The van der Waals surface area contributed by atoms with Crippen LogP contribution in [0.5, 0.6) is 5.88 Å². The summed E-state index contributed by atoms with van der Waals surface area (Å²) in [5.41, 5.74) is 0.933. The number of methoxy groups -OCH3 is 1. The van der Waals surface area contributed by atoms with Crippen LogP contribution in [0.1, 0.15) is 0 Å². The Morgan fingerprint density at radius 1 is 1.45 bits per heavy atom. The highest BCUT2D eigenvalue weighted by Gasteiger charge is 2.03. The van der Waals surface area contributed by atoms with Crippen LogP contribution in [0.4, 0.5) is 5.69 Å². The molecule has 4 heteroatoms. The molecule has 1 aromatic rings. The van der Waals surface area contributed by atoms with Crippen LogP contribution in [-0.2, 0) is 0 Å². The second-order valence-corrected chi connectivity index (χ2v) is 2.32. The first kappa shape index (κ1) is 7.78. The van der Waals surface area contributed by atoms with E-state index in [9.17, 15) is 0 Å². The van der Waals surface area contributed by atoms with Crippen molar-refractivity contribution in [3.63, 3.8) is 0 Å². The number of hydrogen-bond donors (Lipinski definition) is 0. The van der Waals surface area contributed by atoms with Crippen LogP contribution in [-0.4, -0.2) is 31.4 Å². The third-order valence-electron chi connectivity index (χ3n) is 1.34. The van der Waals surface area contributed by atoms with Gasteiger partial charge in [0.2, 0.25) is 0 Å². The summed E-state index contributed by atoms with van der Waals surface area (Å²) in [6.45, 7) is 0. The van der Waals surface area contributed by atoms with Crippen molar-refractivity contribution in [1.82, 2.24) is 10.2 Å². The van der Waals surface area contributed by atoms with E-state index in [1.165, 1.54) is 0 Å². The van der Waals surface area contributed by atoms with Gasteiger partial charge in [0.25, 0.3) is 5.88 Å². The van der Waals surface area contributed by atoms with Crippen LogP contribution in [0.25, 0.3) is 0 Å². The van der Waals surface area contributed by atoms with Crippen molar-refractivity contribution in [2.24, 2.45) is 0 Å². The molecule has 0 bridgehead atoms. The Kier molecular flexibility index (Phi) is 2.25. The molecule has 0 spiro atoms. The fourth-order valence-corrected chi connectivity index (χ4v) is 0.798. The quantitative estimate of drug-likeness (QED) is 0.622. The molecule has 0 N–H and O–H groups in total. The Balaban J connectivity index is 3.02. The molecule has 1 heterocycles. The van der Waals surface area contributed by atoms with Crippen LogP contribution >= 0.6 is 0 Å². The van der Waals surface area contributed by atoms with Gasteiger partial charge in [0.1, 0.15) is 5.69 Å². The Bertz CT molecular complexity index is 237. The maximum Gasteiger partial charge on any atom is 0.256 e. The number of aromatic nitrogens is 2. The summed E-state index contributed by atoms with van der Waals surface area (Å²) in [7, 11) is 5.44. The summed E-state index contributed by atoms with van der Waals surface area (Å²) in [5.74, 6) is 0.553. The van der Waals surface area contributed by atoms with Crippen molar-refractivity contribution in [3.05, 3.63) is 12.3 Å². The Morgan fingerprint density at radius 3 is 2.64 bits per heavy atom. The van der Waals surface area contributed by atoms with Gasteiger partial charge in [-0.15, -0.1) is 5.10 Å². The maximum atomic E-state index is 4.99. The second kappa shape index (κ2) is 3.18. The minimum absolute atomic E-state index is 0.553. The molecule has 11 heavy (non-hydrogen) atoms. The van der Waals surface area contributed by atoms with E-state index in [4.69, 9.17) is 4.74 Å². The lowest BCUT2D eigenvalue weighted by Crippen LogP contribution is -2.11. The molecule has 0 radical (unpaired) electrons. The van der Waals surface area contributed by atoms with E-state index in [0.29, 0.717) is 5.88 Å². The second-order valence-electron chi connectivity index (χ2n) is 2.32. The Labute approximate surface area is 65.8 Å². The molecule has 0 saturated heterocycles. The molecule has 60 valence electrons. The van der Waals surface area contributed by atoms with Crippen LogP contribution in [0, 0.1) is 0 Å². The van der Waals surface area contributed by atoms with Gasteiger partial charge in [-0.05, 0) is 6.07 Å². The van der Waals surface area contributed by atoms with E-state index in [2.05, 4.69) is 10.2 Å². The molecule has 0 aliphatic carbocycles. The minimum Gasteiger partial charge on any atom is -0.478 e. The summed E-state index contributed by atoms with van der Waals surface area (Å²) >= 11 is 0. The molecule has 4 nitrogen and oxygen atoms in total. The molecule has 0 unspecified atom stereocenters. The molecule has 0 atom stereocenters. The van der Waals surface area contributed by atoms with Gasteiger partial charge in [-0.2, -0.15) is 5.10 Å². The SMILES string of the molecule is COc1nnccc1N(C)C. The molecule has 0 amide bonds. The highest BCUT2D eigenvalue weighted by molar-refractivity contribution is 5.52. The molecule has 0 aromatic carbocycles. The molecule has 1 rings (SSSR count). The van der Waals surface area contributed by atoms with Gasteiger partial charge in [-0.3, -0.25) is 0 Å². The average molecular weight is 153 g/mol. The van der Waals surface area contributed by atoms with Gasteiger partial charge < -0.3 is 9.64 Å². The van der Waals surface area contributed by atoms with Crippen molar-refractivity contribution in [2.75, 3.05) is 26.1 Å². The largest absolute Gasteiger partial charge is 0.478 e. The molecular formula is C7H11N3O. The van der Waals surface area contributed by atoms with Gasteiger partial charge in [0, 0.05) is 14.1 Å². The number of ether oxygens (including phenoxy) is 1. The fourth-order valence-electron chi connectivity index (χ4n) is 0.798. The first-order chi connectivity index (χ1) is 5.25. The summed E-state index contributed by atoms with van der Waals surface area (Å²) < 4.78 is 4.99. The molecular weight excluding hydrogens is 142 g/mol. The van der Waals surface area contributed by atoms with Crippen LogP contribution < -0.4 is 9.64 Å². The lowest BCUT2D eigenvalue weighted by molar-refractivity contribution is 0.392. The van der Waals surface area contributed by atoms with Gasteiger partial charge in [-0.25, -0.2) is 0 Å². The molecule has 0 aliphatic heterocycles. The highest BCUT2D eigenvalue weighted by atomic mass is 16.5. The third-order valence-corrected chi connectivity index (χ3v) is 1.34. The van der Waals surface area contributed by atoms with Gasteiger partial charge in [-0.1, -0.05) is 0 Å². The van der Waals surface area contributed by atoms with E-state index >= 15 is 0 Å². The zero-order chi connectivity index (χ0) is 8.27. The molecule has 1 aromatic heterocycles. The summed E-state index contributed by atoms with van der Waals surface area (Å²) in [5, 5.41) is 7.50. The standard InChI is InChI=1S/C7H11N3O/c1-10(2)6-4-5-8-9-7(6)11-3/h4-5H,1-3H3. The Morgan fingerprint density at radius 2 is 2.18 bits per heavy atom. The average Bonchev–Trinajstić information content (AvgIpc) is 2.04. The number of anilines is 1. The first-order valence-electron chi connectivity index (χ1n) is 3.28. The van der Waals surface area contributed by atoms with Crippen LogP contribution in [0.15, 0.2) is 12.3 Å². The highest BCUT2D eigenvalue weighted by Crippen LogP contribution is 2.20. The molecule has 0 saturated carbocycles. The number of hydrogen-bond acceptors (Lipinski definition) is 4.